The molecule has 1 saturated heterocycles. The number of carbonyl (C=O) groups excluding carboxylic acids is 2. The van der Waals surface area contributed by atoms with E-state index in [2.05, 4.69) is 24.5 Å². The van der Waals surface area contributed by atoms with E-state index in [4.69, 9.17) is 0 Å². The summed E-state index contributed by atoms with van der Waals surface area (Å²) in [5.41, 5.74) is 0.822. The maximum absolute atomic E-state index is 12.2. The number of nitrogens with zero attached hydrogens (tertiary/aromatic N) is 1. The summed E-state index contributed by atoms with van der Waals surface area (Å²) in [6, 6.07) is 0.123. The molecule has 3 fully saturated rings. The van der Waals surface area contributed by atoms with Gasteiger partial charge in [-0.25, -0.2) is 4.79 Å². The fraction of sp³-hybridized carbons (Fsp3) is 0.889. The van der Waals surface area contributed by atoms with E-state index in [1.165, 1.54) is 12.8 Å². The number of urea groups is 1. The first kappa shape index (κ1) is 16.6. The van der Waals surface area contributed by atoms with Gasteiger partial charge in [-0.3, -0.25) is 4.79 Å². The van der Waals surface area contributed by atoms with Gasteiger partial charge in [0.1, 0.15) is 0 Å². The van der Waals surface area contributed by atoms with Gasteiger partial charge in [-0.1, -0.05) is 13.8 Å². The highest BCUT2D eigenvalue weighted by Crippen LogP contribution is 2.63. The first-order valence-electron chi connectivity index (χ1n) is 8.86. The van der Waals surface area contributed by atoms with Crippen LogP contribution in [0.1, 0.15) is 66.7 Å². The lowest BCUT2D eigenvalue weighted by Gasteiger charge is -2.61. The van der Waals surface area contributed by atoms with Gasteiger partial charge >= 0.3 is 6.03 Å². The summed E-state index contributed by atoms with van der Waals surface area (Å²) >= 11 is 0. The highest BCUT2D eigenvalue weighted by atomic mass is 16.2. The molecule has 23 heavy (non-hydrogen) atoms. The Kier molecular flexibility index (Phi) is 3.69. The molecular formula is C18H31N3O2. The van der Waals surface area contributed by atoms with Crippen LogP contribution in [0.2, 0.25) is 0 Å². The molecule has 130 valence electrons. The molecule has 1 atom stereocenters. The van der Waals surface area contributed by atoms with Gasteiger partial charge in [0.25, 0.3) is 0 Å². The van der Waals surface area contributed by atoms with Gasteiger partial charge in [0.05, 0.1) is 6.04 Å². The lowest BCUT2D eigenvalue weighted by Crippen LogP contribution is -2.60. The molecule has 0 aromatic rings. The predicted octanol–water partition coefficient (Wildman–Crippen LogP) is 2.65. The van der Waals surface area contributed by atoms with Crippen molar-refractivity contribution in [3.05, 3.63) is 0 Å². The molecule has 2 aliphatic carbocycles. The summed E-state index contributed by atoms with van der Waals surface area (Å²) in [4.78, 5) is 26.1. The Bertz CT molecular complexity index is 505. The molecule has 0 aromatic carbocycles. The number of hydrogen-bond donors (Lipinski definition) is 2. The zero-order chi connectivity index (χ0) is 17.0. The van der Waals surface area contributed by atoms with Gasteiger partial charge < -0.3 is 15.5 Å². The van der Waals surface area contributed by atoms with Gasteiger partial charge in [-0.15, -0.1) is 0 Å². The second-order valence-electron chi connectivity index (χ2n) is 9.82. The lowest BCUT2D eigenvalue weighted by molar-refractivity contribution is -0.131. The quantitative estimate of drug-likeness (QED) is 0.821. The van der Waals surface area contributed by atoms with Crippen molar-refractivity contribution in [2.24, 2.45) is 10.8 Å². The molecule has 3 amide bonds. The zero-order valence-electron chi connectivity index (χ0n) is 15.2. The molecule has 3 rings (SSSR count). The summed E-state index contributed by atoms with van der Waals surface area (Å²) < 4.78 is 0. The first-order chi connectivity index (χ1) is 10.5. The van der Waals surface area contributed by atoms with Crippen molar-refractivity contribution in [1.29, 1.82) is 0 Å². The normalized spacial score (nSPS) is 29.2. The second-order valence-corrected chi connectivity index (χ2v) is 9.82. The van der Waals surface area contributed by atoms with Crippen LogP contribution in [0, 0.1) is 10.8 Å². The zero-order valence-corrected chi connectivity index (χ0v) is 15.2. The Labute approximate surface area is 139 Å². The number of amides is 3. The third kappa shape index (κ3) is 3.33. The van der Waals surface area contributed by atoms with E-state index in [-0.39, 0.29) is 23.5 Å². The van der Waals surface area contributed by atoms with Gasteiger partial charge in [0.2, 0.25) is 5.91 Å². The van der Waals surface area contributed by atoms with E-state index in [1.54, 1.807) is 0 Å². The third-order valence-electron chi connectivity index (χ3n) is 5.67. The maximum Gasteiger partial charge on any atom is 0.315 e. The molecule has 1 unspecified atom stereocenters. The molecule has 5 nitrogen and oxygen atoms in total. The van der Waals surface area contributed by atoms with Crippen molar-refractivity contribution in [2.45, 2.75) is 84.3 Å². The average molecular weight is 321 g/mol. The van der Waals surface area contributed by atoms with Crippen LogP contribution in [0.4, 0.5) is 4.79 Å². The average Bonchev–Trinajstić information content (AvgIpc) is 2.64. The van der Waals surface area contributed by atoms with E-state index in [0.29, 0.717) is 29.8 Å². The Hall–Kier alpha value is -1.26. The van der Waals surface area contributed by atoms with Crippen molar-refractivity contribution >= 4 is 11.9 Å². The van der Waals surface area contributed by atoms with Crippen molar-refractivity contribution in [3.8, 4) is 0 Å². The van der Waals surface area contributed by atoms with E-state index >= 15 is 0 Å². The van der Waals surface area contributed by atoms with E-state index < -0.39 is 0 Å². The van der Waals surface area contributed by atoms with Crippen LogP contribution >= 0.6 is 0 Å². The van der Waals surface area contributed by atoms with Crippen LogP contribution in [-0.4, -0.2) is 41.0 Å². The Morgan fingerprint density at radius 3 is 2.17 bits per heavy atom. The fourth-order valence-electron chi connectivity index (χ4n) is 5.22. The summed E-state index contributed by atoms with van der Waals surface area (Å²) in [6.45, 7) is 11.3. The van der Waals surface area contributed by atoms with E-state index in [0.717, 1.165) is 12.8 Å². The van der Waals surface area contributed by atoms with E-state index in [1.807, 2.05) is 25.7 Å². The number of nitrogens with one attached hydrogen (secondary N) is 2. The number of carbonyl (C=O) groups is 2. The molecule has 0 bridgehead atoms. The van der Waals surface area contributed by atoms with Crippen LogP contribution in [0.3, 0.4) is 0 Å². The van der Waals surface area contributed by atoms with Crippen LogP contribution in [0.15, 0.2) is 0 Å². The first-order valence-corrected chi connectivity index (χ1v) is 8.86. The monoisotopic (exact) mass is 321 g/mol. The Morgan fingerprint density at radius 1 is 1.13 bits per heavy atom. The van der Waals surface area contributed by atoms with Crippen LogP contribution in [0.25, 0.3) is 0 Å². The largest absolute Gasteiger partial charge is 0.336 e. The van der Waals surface area contributed by atoms with Gasteiger partial charge in [0.15, 0.2) is 0 Å². The molecule has 1 aliphatic heterocycles. The minimum absolute atomic E-state index is 0.0709. The minimum atomic E-state index is -0.179. The Balaban J connectivity index is 1.41. The summed E-state index contributed by atoms with van der Waals surface area (Å²) in [6.07, 6.45) is 5.21. The molecular weight excluding hydrogens is 290 g/mol. The second kappa shape index (κ2) is 5.12. The van der Waals surface area contributed by atoms with Gasteiger partial charge in [-0.05, 0) is 57.3 Å². The smallest absolute Gasteiger partial charge is 0.315 e. The van der Waals surface area contributed by atoms with Crippen molar-refractivity contribution in [3.63, 3.8) is 0 Å². The Morgan fingerprint density at radius 2 is 1.70 bits per heavy atom. The van der Waals surface area contributed by atoms with Crippen molar-refractivity contribution in [1.82, 2.24) is 15.5 Å². The SMILES string of the molecule is CC1(C)CC2(CC(NC(=O)NC3CC(=O)N(C(C)(C)C)C3)C2)C1. The van der Waals surface area contributed by atoms with Crippen LogP contribution < -0.4 is 10.6 Å². The molecule has 5 heteroatoms. The summed E-state index contributed by atoms with van der Waals surface area (Å²) in [5, 5.41) is 6.06. The number of hydrogen-bond acceptors (Lipinski definition) is 2. The molecule has 3 aliphatic rings. The molecule has 1 heterocycles. The highest BCUT2D eigenvalue weighted by Gasteiger charge is 2.56. The molecule has 0 radical (unpaired) electrons. The summed E-state index contributed by atoms with van der Waals surface area (Å²) in [5.74, 6) is 0.127. The number of rotatable bonds is 2. The third-order valence-corrected chi connectivity index (χ3v) is 5.67. The van der Waals surface area contributed by atoms with Crippen LogP contribution in [0.5, 0.6) is 0 Å². The van der Waals surface area contributed by atoms with Gasteiger partial charge in [0, 0.05) is 24.5 Å². The minimum Gasteiger partial charge on any atom is -0.336 e. The van der Waals surface area contributed by atoms with Crippen molar-refractivity contribution in [2.75, 3.05) is 6.54 Å². The van der Waals surface area contributed by atoms with Crippen LogP contribution in [-0.2, 0) is 4.79 Å². The topological polar surface area (TPSA) is 61.4 Å². The fourth-order valence-corrected chi connectivity index (χ4v) is 5.22. The highest BCUT2D eigenvalue weighted by molar-refractivity contribution is 5.82. The predicted molar refractivity (Wildman–Crippen MR) is 90.0 cm³/mol. The summed E-state index contributed by atoms with van der Waals surface area (Å²) in [7, 11) is 0. The number of likely N-dealkylation sites (tertiary alicyclic amines) is 1. The van der Waals surface area contributed by atoms with Crippen molar-refractivity contribution < 1.29 is 9.59 Å². The molecule has 2 N–H and O–H groups in total. The molecule has 0 aromatic heterocycles. The van der Waals surface area contributed by atoms with Gasteiger partial charge in [-0.2, -0.15) is 0 Å². The molecule has 2 saturated carbocycles. The standard InChI is InChI=1S/C18H31N3O2/c1-16(2,3)21-9-12(6-14(21)22)19-15(23)20-13-7-18(8-13)10-17(4,5)11-18/h12-13H,6-11H2,1-5H3,(H2,19,20,23). The lowest BCUT2D eigenvalue weighted by atomic mass is 9.45. The van der Waals surface area contributed by atoms with E-state index in [9.17, 15) is 9.59 Å². The maximum atomic E-state index is 12.2. The molecule has 1 spiro atoms.